The molecule has 0 aliphatic rings. The van der Waals surface area contributed by atoms with Gasteiger partial charge in [-0.25, -0.2) is 0 Å². The molecule has 1 aromatic rings. The zero-order chi connectivity index (χ0) is 11.8. The molecule has 0 aliphatic carbocycles. The fraction of sp³-hybridized carbons (Fsp3) is 0.429. The summed E-state index contributed by atoms with van der Waals surface area (Å²) in [5.74, 6) is 5.76. The molecule has 2 atom stereocenters. The summed E-state index contributed by atoms with van der Waals surface area (Å²) in [5, 5.41) is 10.00. The zero-order valence-electron chi connectivity index (χ0n) is 9.81. The van der Waals surface area contributed by atoms with Crippen LogP contribution in [-0.4, -0.2) is 18.3 Å². The van der Waals surface area contributed by atoms with Crippen molar-refractivity contribution in [3.8, 4) is 11.8 Å². The first-order valence-electron chi connectivity index (χ1n) is 5.45. The molecule has 0 saturated heterocycles. The van der Waals surface area contributed by atoms with E-state index < -0.39 is 6.10 Å². The Balaban J connectivity index is 2.62. The van der Waals surface area contributed by atoms with E-state index in [1.54, 1.807) is 14.0 Å². The Morgan fingerprint density at radius 2 is 2.00 bits per heavy atom. The van der Waals surface area contributed by atoms with E-state index in [1.807, 2.05) is 30.3 Å². The fourth-order valence-corrected chi connectivity index (χ4v) is 1.65. The first-order chi connectivity index (χ1) is 7.79. The number of aliphatic hydroxyl groups excluding tert-OH is 1. The van der Waals surface area contributed by atoms with Gasteiger partial charge in [-0.05, 0) is 18.9 Å². The van der Waals surface area contributed by atoms with Crippen molar-refractivity contribution in [1.29, 1.82) is 0 Å². The largest absolute Gasteiger partial charge is 0.390 e. The summed E-state index contributed by atoms with van der Waals surface area (Å²) in [4.78, 5) is 0. The summed E-state index contributed by atoms with van der Waals surface area (Å²) in [5.41, 5.74) is 1.00. The van der Waals surface area contributed by atoms with Gasteiger partial charge in [-0.3, -0.25) is 0 Å². The first-order valence-corrected chi connectivity index (χ1v) is 5.45. The van der Waals surface area contributed by atoms with Crippen LogP contribution in [0.5, 0.6) is 0 Å². The van der Waals surface area contributed by atoms with E-state index in [2.05, 4.69) is 11.8 Å². The SMILES string of the molecule is CC#CCCC(O)C(OC)c1ccccc1. The normalized spacial score (nSPS) is 13.7. The molecule has 1 aromatic carbocycles. The van der Waals surface area contributed by atoms with Crippen molar-refractivity contribution in [3.63, 3.8) is 0 Å². The van der Waals surface area contributed by atoms with E-state index >= 15 is 0 Å². The summed E-state index contributed by atoms with van der Waals surface area (Å²) in [7, 11) is 1.62. The summed E-state index contributed by atoms with van der Waals surface area (Å²) >= 11 is 0. The lowest BCUT2D eigenvalue weighted by atomic mass is 10.0. The molecular weight excluding hydrogens is 200 g/mol. The Morgan fingerprint density at radius 1 is 1.31 bits per heavy atom. The quantitative estimate of drug-likeness (QED) is 0.770. The van der Waals surface area contributed by atoms with E-state index in [4.69, 9.17) is 4.74 Å². The van der Waals surface area contributed by atoms with Crippen LogP contribution in [0.15, 0.2) is 30.3 Å². The molecule has 0 aliphatic heterocycles. The lowest BCUT2D eigenvalue weighted by Gasteiger charge is -2.21. The third-order valence-electron chi connectivity index (χ3n) is 2.47. The van der Waals surface area contributed by atoms with Gasteiger partial charge in [-0.2, -0.15) is 0 Å². The monoisotopic (exact) mass is 218 g/mol. The van der Waals surface area contributed by atoms with Gasteiger partial charge < -0.3 is 9.84 Å². The Kier molecular flexibility index (Phi) is 5.63. The molecule has 2 nitrogen and oxygen atoms in total. The number of rotatable bonds is 5. The molecule has 2 heteroatoms. The van der Waals surface area contributed by atoms with Crippen LogP contribution in [0, 0.1) is 11.8 Å². The van der Waals surface area contributed by atoms with Crippen molar-refractivity contribution in [1.82, 2.24) is 0 Å². The highest BCUT2D eigenvalue weighted by Crippen LogP contribution is 2.22. The number of ether oxygens (including phenoxy) is 1. The Bertz CT molecular complexity index is 348. The van der Waals surface area contributed by atoms with Crippen LogP contribution >= 0.6 is 0 Å². The predicted molar refractivity (Wildman–Crippen MR) is 64.9 cm³/mol. The second kappa shape index (κ2) is 7.05. The van der Waals surface area contributed by atoms with E-state index in [9.17, 15) is 5.11 Å². The Labute approximate surface area is 97.3 Å². The molecule has 0 saturated carbocycles. The highest BCUT2D eigenvalue weighted by molar-refractivity contribution is 5.18. The van der Waals surface area contributed by atoms with Crippen molar-refractivity contribution in [3.05, 3.63) is 35.9 Å². The minimum absolute atomic E-state index is 0.264. The van der Waals surface area contributed by atoms with Crippen LogP contribution in [0.3, 0.4) is 0 Å². The topological polar surface area (TPSA) is 29.5 Å². The van der Waals surface area contributed by atoms with Gasteiger partial charge >= 0.3 is 0 Å². The number of hydrogen-bond acceptors (Lipinski definition) is 2. The van der Waals surface area contributed by atoms with Gasteiger partial charge in [0.2, 0.25) is 0 Å². The number of hydrogen-bond donors (Lipinski definition) is 1. The predicted octanol–water partition coefficient (Wildman–Crippen LogP) is 2.54. The highest BCUT2D eigenvalue weighted by atomic mass is 16.5. The van der Waals surface area contributed by atoms with Crippen molar-refractivity contribution in [2.45, 2.75) is 32.0 Å². The summed E-state index contributed by atoms with van der Waals surface area (Å²) < 4.78 is 5.33. The summed E-state index contributed by atoms with van der Waals surface area (Å²) in [6.45, 7) is 1.80. The zero-order valence-corrected chi connectivity index (χ0v) is 9.81. The maximum absolute atomic E-state index is 10.00. The smallest absolute Gasteiger partial charge is 0.108 e. The molecule has 0 heterocycles. The van der Waals surface area contributed by atoms with Crippen LogP contribution in [-0.2, 0) is 4.74 Å². The maximum atomic E-state index is 10.00. The van der Waals surface area contributed by atoms with Gasteiger partial charge in [0.15, 0.2) is 0 Å². The van der Waals surface area contributed by atoms with E-state index in [0.29, 0.717) is 12.8 Å². The second-order valence-corrected chi connectivity index (χ2v) is 3.60. The average Bonchev–Trinajstić information content (AvgIpc) is 2.32. The standard InChI is InChI=1S/C14H18O2/c1-3-4-6-11-13(15)14(16-2)12-9-7-5-8-10-12/h5,7-10,13-15H,6,11H2,1-2H3. The number of aliphatic hydroxyl groups is 1. The van der Waals surface area contributed by atoms with Gasteiger partial charge in [-0.15, -0.1) is 11.8 Å². The minimum Gasteiger partial charge on any atom is -0.390 e. The fourth-order valence-electron chi connectivity index (χ4n) is 1.65. The lowest BCUT2D eigenvalue weighted by molar-refractivity contribution is -0.0164. The molecule has 1 N–H and O–H groups in total. The highest BCUT2D eigenvalue weighted by Gasteiger charge is 2.19. The molecule has 0 amide bonds. The van der Waals surface area contributed by atoms with Gasteiger partial charge in [0.05, 0.1) is 6.10 Å². The third kappa shape index (κ3) is 3.69. The van der Waals surface area contributed by atoms with Gasteiger partial charge in [0.25, 0.3) is 0 Å². The summed E-state index contributed by atoms with van der Waals surface area (Å²) in [6.07, 6.45) is 0.562. The molecule has 0 fully saturated rings. The second-order valence-electron chi connectivity index (χ2n) is 3.60. The van der Waals surface area contributed by atoms with Crippen molar-refractivity contribution >= 4 is 0 Å². The Hall–Kier alpha value is -1.30. The average molecular weight is 218 g/mol. The molecule has 16 heavy (non-hydrogen) atoms. The van der Waals surface area contributed by atoms with Crippen molar-refractivity contribution in [2.75, 3.05) is 7.11 Å². The molecule has 0 bridgehead atoms. The number of benzene rings is 1. The molecular formula is C14H18O2. The van der Waals surface area contributed by atoms with E-state index in [1.165, 1.54) is 0 Å². The van der Waals surface area contributed by atoms with Gasteiger partial charge in [-0.1, -0.05) is 30.3 Å². The van der Waals surface area contributed by atoms with E-state index in [0.717, 1.165) is 5.56 Å². The van der Waals surface area contributed by atoms with Crippen molar-refractivity contribution < 1.29 is 9.84 Å². The lowest BCUT2D eigenvalue weighted by Crippen LogP contribution is -2.20. The van der Waals surface area contributed by atoms with Crippen LogP contribution in [0.1, 0.15) is 31.4 Å². The third-order valence-corrected chi connectivity index (χ3v) is 2.47. The molecule has 0 spiro atoms. The van der Waals surface area contributed by atoms with Crippen LogP contribution < -0.4 is 0 Å². The van der Waals surface area contributed by atoms with Crippen LogP contribution in [0.25, 0.3) is 0 Å². The molecule has 86 valence electrons. The van der Waals surface area contributed by atoms with Crippen LogP contribution in [0.4, 0.5) is 0 Å². The van der Waals surface area contributed by atoms with Crippen LogP contribution in [0.2, 0.25) is 0 Å². The molecule has 1 rings (SSSR count). The van der Waals surface area contributed by atoms with Gasteiger partial charge in [0, 0.05) is 13.5 Å². The summed E-state index contributed by atoms with van der Waals surface area (Å²) in [6, 6.07) is 9.76. The molecule has 0 radical (unpaired) electrons. The molecule has 2 unspecified atom stereocenters. The molecule has 0 aromatic heterocycles. The van der Waals surface area contributed by atoms with Crippen molar-refractivity contribution in [2.24, 2.45) is 0 Å². The van der Waals surface area contributed by atoms with Gasteiger partial charge in [0.1, 0.15) is 6.10 Å². The minimum atomic E-state index is -0.506. The van der Waals surface area contributed by atoms with E-state index in [-0.39, 0.29) is 6.10 Å². The first kappa shape index (κ1) is 12.8. The Morgan fingerprint density at radius 3 is 2.56 bits per heavy atom. The number of methoxy groups -OCH3 is 1. The maximum Gasteiger partial charge on any atom is 0.108 e.